The van der Waals surface area contributed by atoms with Crippen LogP contribution < -0.4 is 11.1 Å². The quantitative estimate of drug-likeness (QED) is 0.623. The summed E-state index contributed by atoms with van der Waals surface area (Å²) < 4.78 is 0. The lowest BCUT2D eigenvalue weighted by molar-refractivity contribution is -0.122. The largest absolute Gasteiger partial charge is 0.508 e. The van der Waals surface area contributed by atoms with E-state index in [1.54, 1.807) is 24.3 Å². The third kappa shape index (κ3) is 4.44. The van der Waals surface area contributed by atoms with Crippen LogP contribution in [0.1, 0.15) is 24.8 Å². The maximum atomic E-state index is 12.0. The van der Waals surface area contributed by atoms with E-state index in [1.807, 2.05) is 0 Å². The highest BCUT2D eigenvalue weighted by Gasteiger charge is 2.27. The molecule has 3 atom stereocenters. The molecule has 0 aliphatic heterocycles. The van der Waals surface area contributed by atoms with Crippen molar-refractivity contribution in [3.05, 3.63) is 29.8 Å². The molecule has 116 valence electrons. The lowest BCUT2D eigenvalue weighted by Crippen LogP contribution is -2.44. The molecule has 21 heavy (non-hydrogen) atoms. The van der Waals surface area contributed by atoms with E-state index in [4.69, 9.17) is 5.73 Å². The predicted molar refractivity (Wildman–Crippen MR) is 80.7 cm³/mol. The fraction of sp³-hybridized carbons (Fsp3) is 0.562. The Hall–Kier alpha value is -1.59. The van der Waals surface area contributed by atoms with Gasteiger partial charge in [-0.1, -0.05) is 18.6 Å². The molecule has 0 bridgehead atoms. The number of hydrogen-bond acceptors (Lipinski definition) is 4. The zero-order valence-electron chi connectivity index (χ0n) is 12.2. The molecule has 0 heterocycles. The number of phenolic OH excluding ortho intramolecular Hbond substituents is 1. The summed E-state index contributed by atoms with van der Waals surface area (Å²) in [6, 6.07) is 6.11. The first-order valence-electron chi connectivity index (χ1n) is 7.52. The van der Waals surface area contributed by atoms with E-state index < -0.39 is 6.04 Å². The number of aliphatic hydroxyl groups excluding tert-OH is 1. The maximum absolute atomic E-state index is 12.0. The Morgan fingerprint density at radius 1 is 1.29 bits per heavy atom. The fourth-order valence-electron chi connectivity index (χ4n) is 2.96. The number of amides is 1. The van der Waals surface area contributed by atoms with E-state index in [0.717, 1.165) is 24.8 Å². The van der Waals surface area contributed by atoms with Crippen molar-refractivity contribution in [1.29, 1.82) is 0 Å². The topological polar surface area (TPSA) is 95.6 Å². The molecule has 0 aromatic heterocycles. The lowest BCUT2D eigenvalue weighted by atomic mass is 9.97. The van der Waals surface area contributed by atoms with E-state index in [2.05, 4.69) is 5.32 Å². The molecule has 5 N–H and O–H groups in total. The minimum atomic E-state index is -0.594. The van der Waals surface area contributed by atoms with Crippen molar-refractivity contribution in [3.8, 4) is 5.75 Å². The summed E-state index contributed by atoms with van der Waals surface area (Å²) in [6.07, 6.45) is 3.65. The Labute approximate surface area is 125 Å². The third-order valence-corrected chi connectivity index (χ3v) is 4.32. The summed E-state index contributed by atoms with van der Waals surface area (Å²) in [5.41, 5.74) is 6.84. The fourth-order valence-corrected chi connectivity index (χ4v) is 2.96. The molecule has 1 amide bonds. The Morgan fingerprint density at radius 3 is 2.62 bits per heavy atom. The number of benzene rings is 1. The number of phenols is 1. The van der Waals surface area contributed by atoms with Gasteiger partial charge in [-0.15, -0.1) is 0 Å². The van der Waals surface area contributed by atoms with Gasteiger partial charge >= 0.3 is 0 Å². The molecule has 2 rings (SSSR count). The average molecular weight is 292 g/mol. The molecule has 5 heteroatoms. The Morgan fingerprint density at radius 2 is 1.95 bits per heavy atom. The monoisotopic (exact) mass is 292 g/mol. The van der Waals surface area contributed by atoms with Crippen LogP contribution in [-0.2, 0) is 11.2 Å². The standard InChI is InChI=1S/C16H24N2O3/c17-15(8-11-4-6-14(20)7-5-11)16(21)18-9-12-2-1-3-13(12)10-19/h4-7,12-13,15,19-20H,1-3,8-10,17H2,(H,18,21)/t12?,13?,15-/m0/s1. The Bertz CT molecular complexity index is 461. The van der Waals surface area contributed by atoms with Crippen LogP contribution in [0.15, 0.2) is 24.3 Å². The van der Waals surface area contributed by atoms with E-state index in [0.29, 0.717) is 24.8 Å². The van der Waals surface area contributed by atoms with E-state index in [1.165, 1.54) is 0 Å². The number of rotatable bonds is 6. The minimum absolute atomic E-state index is 0.160. The van der Waals surface area contributed by atoms with Crippen molar-refractivity contribution < 1.29 is 15.0 Å². The third-order valence-electron chi connectivity index (χ3n) is 4.32. The number of carbonyl (C=O) groups is 1. The molecule has 2 unspecified atom stereocenters. The van der Waals surface area contributed by atoms with Crippen LogP contribution in [0.4, 0.5) is 0 Å². The van der Waals surface area contributed by atoms with Gasteiger partial charge in [0.05, 0.1) is 6.04 Å². The number of carbonyl (C=O) groups excluding carboxylic acids is 1. The first-order valence-corrected chi connectivity index (χ1v) is 7.52. The summed E-state index contributed by atoms with van der Waals surface area (Å²) in [7, 11) is 0. The summed E-state index contributed by atoms with van der Waals surface area (Å²) in [5.74, 6) is 0.707. The number of aromatic hydroxyl groups is 1. The molecule has 1 aliphatic rings. The van der Waals surface area contributed by atoms with Crippen LogP contribution in [0, 0.1) is 11.8 Å². The normalized spacial score (nSPS) is 23.0. The van der Waals surface area contributed by atoms with Gasteiger partial charge in [-0.3, -0.25) is 4.79 Å². The van der Waals surface area contributed by atoms with Gasteiger partial charge in [0.1, 0.15) is 5.75 Å². The second kappa shape index (κ2) is 7.43. The van der Waals surface area contributed by atoms with Gasteiger partial charge in [0.2, 0.25) is 5.91 Å². The zero-order chi connectivity index (χ0) is 15.2. The summed E-state index contributed by atoms with van der Waals surface area (Å²) >= 11 is 0. The van der Waals surface area contributed by atoms with Crippen molar-refractivity contribution in [2.24, 2.45) is 17.6 Å². The zero-order valence-corrected chi connectivity index (χ0v) is 12.2. The van der Waals surface area contributed by atoms with Crippen molar-refractivity contribution >= 4 is 5.91 Å². The smallest absolute Gasteiger partial charge is 0.237 e. The van der Waals surface area contributed by atoms with Crippen molar-refractivity contribution in [3.63, 3.8) is 0 Å². The number of hydrogen-bond donors (Lipinski definition) is 4. The van der Waals surface area contributed by atoms with Gasteiger partial charge in [-0.05, 0) is 48.8 Å². The Kier molecular flexibility index (Phi) is 5.59. The molecule has 1 aromatic carbocycles. The molecule has 0 saturated heterocycles. The maximum Gasteiger partial charge on any atom is 0.237 e. The lowest BCUT2D eigenvalue weighted by Gasteiger charge is -2.19. The average Bonchev–Trinajstić information content (AvgIpc) is 2.94. The second-order valence-electron chi connectivity index (χ2n) is 5.86. The molecule has 5 nitrogen and oxygen atoms in total. The van der Waals surface area contributed by atoms with Crippen LogP contribution in [0.2, 0.25) is 0 Å². The summed E-state index contributed by atoms with van der Waals surface area (Å²) in [6.45, 7) is 0.785. The van der Waals surface area contributed by atoms with Crippen LogP contribution >= 0.6 is 0 Å². The SMILES string of the molecule is N[C@@H](Cc1ccc(O)cc1)C(=O)NCC1CCCC1CO. The number of nitrogens with two attached hydrogens (primary N) is 1. The van der Waals surface area contributed by atoms with Gasteiger partial charge in [0, 0.05) is 13.2 Å². The van der Waals surface area contributed by atoms with Gasteiger partial charge < -0.3 is 21.3 Å². The van der Waals surface area contributed by atoms with Crippen LogP contribution in [0.5, 0.6) is 5.75 Å². The van der Waals surface area contributed by atoms with Gasteiger partial charge in [0.25, 0.3) is 0 Å². The number of nitrogens with one attached hydrogen (secondary N) is 1. The van der Waals surface area contributed by atoms with Gasteiger partial charge in [0.15, 0.2) is 0 Å². The van der Waals surface area contributed by atoms with Gasteiger partial charge in [-0.25, -0.2) is 0 Å². The summed E-state index contributed by atoms with van der Waals surface area (Å²) in [5, 5.41) is 21.4. The molecule has 0 radical (unpaired) electrons. The van der Waals surface area contributed by atoms with Crippen LogP contribution in [0.3, 0.4) is 0 Å². The highest BCUT2D eigenvalue weighted by molar-refractivity contribution is 5.81. The van der Waals surface area contributed by atoms with E-state index in [-0.39, 0.29) is 18.3 Å². The van der Waals surface area contributed by atoms with Crippen LogP contribution in [0.25, 0.3) is 0 Å². The molecule has 1 aromatic rings. The van der Waals surface area contributed by atoms with Crippen molar-refractivity contribution in [1.82, 2.24) is 5.32 Å². The van der Waals surface area contributed by atoms with E-state index in [9.17, 15) is 15.0 Å². The first-order chi connectivity index (χ1) is 10.1. The minimum Gasteiger partial charge on any atom is -0.508 e. The van der Waals surface area contributed by atoms with Crippen molar-refractivity contribution in [2.45, 2.75) is 31.7 Å². The van der Waals surface area contributed by atoms with Crippen LogP contribution in [-0.4, -0.2) is 35.3 Å². The number of aliphatic hydroxyl groups is 1. The highest BCUT2D eigenvalue weighted by Crippen LogP contribution is 2.30. The highest BCUT2D eigenvalue weighted by atomic mass is 16.3. The van der Waals surface area contributed by atoms with Gasteiger partial charge in [-0.2, -0.15) is 0 Å². The first kappa shape index (κ1) is 15.8. The predicted octanol–water partition coefficient (Wildman–Crippen LogP) is 0.787. The van der Waals surface area contributed by atoms with Crippen molar-refractivity contribution in [2.75, 3.05) is 13.2 Å². The second-order valence-corrected chi connectivity index (χ2v) is 5.86. The molecular weight excluding hydrogens is 268 g/mol. The molecule has 1 aliphatic carbocycles. The molecule has 1 fully saturated rings. The molecular formula is C16H24N2O3. The van der Waals surface area contributed by atoms with E-state index >= 15 is 0 Å². The Balaban J connectivity index is 1.78. The summed E-state index contributed by atoms with van der Waals surface area (Å²) in [4.78, 5) is 12.0. The molecule has 0 spiro atoms. The molecule has 1 saturated carbocycles.